The van der Waals surface area contributed by atoms with Gasteiger partial charge in [-0.3, -0.25) is 9.59 Å². The van der Waals surface area contributed by atoms with E-state index in [1.807, 2.05) is 0 Å². The molecular weight excluding hydrogens is 324 g/mol. The van der Waals surface area contributed by atoms with E-state index in [1.54, 1.807) is 0 Å². The second-order valence-electron chi connectivity index (χ2n) is 7.47. The Balaban J connectivity index is 1.79. The van der Waals surface area contributed by atoms with E-state index in [4.69, 9.17) is 5.11 Å². The van der Waals surface area contributed by atoms with Gasteiger partial charge in [-0.15, -0.1) is 0 Å². The number of hydrogen-bond acceptors (Lipinski definition) is 2. The van der Waals surface area contributed by atoms with Crippen molar-refractivity contribution in [1.82, 2.24) is 0 Å². The smallest absolute Gasteiger partial charge is 0.303 e. The van der Waals surface area contributed by atoms with E-state index in [1.165, 1.54) is 11.1 Å². The Hall–Kier alpha value is -1.90. The van der Waals surface area contributed by atoms with Crippen molar-refractivity contribution in [3.63, 3.8) is 0 Å². The van der Waals surface area contributed by atoms with Crippen LogP contribution in [0.25, 0.3) is 6.08 Å². The Kier molecular flexibility index (Phi) is 8.60. The van der Waals surface area contributed by atoms with E-state index in [2.05, 4.69) is 43.3 Å². The molecule has 2 atom stereocenters. The number of benzene rings is 1. The average molecular weight is 357 g/mol. The number of carboxylic acid groups (broad SMARTS) is 1. The van der Waals surface area contributed by atoms with Gasteiger partial charge >= 0.3 is 5.97 Å². The molecule has 0 saturated heterocycles. The monoisotopic (exact) mass is 356 g/mol. The zero-order valence-corrected chi connectivity index (χ0v) is 16.0. The molecule has 0 spiro atoms. The first-order valence-electron chi connectivity index (χ1n) is 10.1. The number of carbonyl (C=O) groups excluding carboxylic acids is 1. The van der Waals surface area contributed by atoms with Crippen LogP contribution in [0, 0.1) is 11.8 Å². The summed E-state index contributed by atoms with van der Waals surface area (Å²) in [4.78, 5) is 22.7. The third-order valence-corrected chi connectivity index (χ3v) is 5.36. The highest BCUT2D eigenvalue weighted by Crippen LogP contribution is 2.34. The van der Waals surface area contributed by atoms with Gasteiger partial charge in [0, 0.05) is 18.8 Å². The van der Waals surface area contributed by atoms with E-state index in [0.29, 0.717) is 18.1 Å². The van der Waals surface area contributed by atoms with E-state index in [9.17, 15) is 9.59 Å². The molecule has 1 fully saturated rings. The minimum atomic E-state index is -0.719. The molecule has 3 nitrogen and oxygen atoms in total. The van der Waals surface area contributed by atoms with Crippen molar-refractivity contribution in [2.24, 2.45) is 11.8 Å². The summed E-state index contributed by atoms with van der Waals surface area (Å²) in [7, 11) is 0. The molecule has 26 heavy (non-hydrogen) atoms. The van der Waals surface area contributed by atoms with Crippen LogP contribution < -0.4 is 0 Å². The average Bonchev–Trinajstić information content (AvgIpc) is 2.97. The van der Waals surface area contributed by atoms with Crippen molar-refractivity contribution in [2.75, 3.05) is 0 Å². The first-order chi connectivity index (χ1) is 12.6. The van der Waals surface area contributed by atoms with Gasteiger partial charge in [0.2, 0.25) is 0 Å². The molecule has 2 rings (SSSR count). The maximum absolute atomic E-state index is 12.2. The number of unbranched alkanes of at least 4 members (excludes halogenated alkanes) is 3. The molecule has 1 aromatic rings. The molecule has 0 aliphatic heterocycles. The number of rotatable bonds is 11. The van der Waals surface area contributed by atoms with E-state index >= 15 is 0 Å². The number of aryl methyl sites for hydroxylation is 1. The van der Waals surface area contributed by atoms with Crippen LogP contribution in [-0.4, -0.2) is 16.9 Å². The molecule has 1 saturated carbocycles. The molecule has 1 aliphatic rings. The Morgan fingerprint density at radius 2 is 1.88 bits per heavy atom. The highest BCUT2D eigenvalue weighted by atomic mass is 16.4. The van der Waals surface area contributed by atoms with Crippen LogP contribution >= 0.6 is 0 Å². The van der Waals surface area contributed by atoms with Crippen LogP contribution in [0.5, 0.6) is 0 Å². The van der Waals surface area contributed by atoms with Gasteiger partial charge in [0.15, 0.2) is 0 Å². The van der Waals surface area contributed by atoms with Crippen LogP contribution in [-0.2, 0) is 16.0 Å². The Bertz CT molecular complexity index is 600. The first kappa shape index (κ1) is 20.4. The lowest BCUT2D eigenvalue weighted by Gasteiger charge is -2.14. The van der Waals surface area contributed by atoms with Gasteiger partial charge in [-0.05, 0) is 42.7 Å². The number of hydrogen-bond donors (Lipinski definition) is 1. The number of carbonyl (C=O) groups is 2. The highest BCUT2D eigenvalue weighted by Gasteiger charge is 2.32. The zero-order valence-electron chi connectivity index (χ0n) is 16.0. The molecule has 0 heterocycles. The van der Waals surface area contributed by atoms with Crippen LogP contribution in [0.4, 0.5) is 0 Å². The molecule has 142 valence electrons. The highest BCUT2D eigenvalue weighted by molar-refractivity contribution is 5.84. The molecule has 0 radical (unpaired) electrons. The largest absolute Gasteiger partial charge is 0.481 e. The van der Waals surface area contributed by atoms with Gasteiger partial charge < -0.3 is 5.11 Å². The maximum Gasteiger partial charge on any atom is 0.303 e. The number of aliphatic carboxylic acids is 1. The van der Waals surface area contributed by atoms with E-state index in [0.717, 1.165) is 51.4 Å². The SMILES string of the molecule is CCCc1ccc(C=C[C@@H]2CCC(=O)[C@H]2CCCCCCC(=O)O)cc1. The first-order valence-corrected chi connectivity index (χ1v) is 10.1. The minimum absolute atomic E-state index is 0.157. The lowest BCUT2D eigenvalue weighted by Crippen LogP contribution is -2.13. The van der Waals surface area contributed by atoms with E-state index in [-0.39, 0.29) is 12.3 Å². The number of carboxylic acids is 1. The third-order valence-electron chi connectivity index (χ3n) is 5.36. The summed E-state index contributed by atoms with van der Waals surface area (Å²) in [6.45, 7) is 2.19. The van der Waals surface area contributed by atoms with Gasteiger partial charge in [-0.25, -0.2) is 0 Å². The van der Waals surface area contributed by atoms with Crippen molar-refractivity contribution >= 4 is 17.8 Å². The van der Waals surface area contributed by atoms with Gasteiger partial charge in [-0.2, -0.15) is 0 Å². The second-order valence-corrected chi connectivity index (χ2v) is 7.47. The minimum Gasteiger partial charge on any atom is -0.481 e. The van der Waals surface area contributed by atoms with Crippen molar-refractivity contribution in [1.29, 1.82) is 0 Å². The molecule has 0 unspecified atom stereocenters. The quantitative estimate of drug-likeness (QED) is 0.519. The number of ketones is 1. The maximum atomic E-state index is 12.2. The number of Topliss-reactive ketones (excluding diaryl/α,β-unsaturated/α-hetero) is 1. The lowest BCUT2D eigenvalue weighted by atomic mass is 9.89. The van der Waals surface area contributed by atoms with Gasteiger partial charge in [-0.1, -0.05) is 69.0 Å². The van der Waals surface area contributed by atoms with Crippen LogP contribution in [0.15, 0.2) is 30.3 Å². The summed E-state index contributed by atoms with van der Waals surface area (Å²) in [5.41, 5.74) is 2.58. The molecule has 0 amide bonds. The fraction of sp³-hybridized carbons (Fsp3) is 0.565. The molecule has 1 aliphatic carbocycles. The summed E-state index contributed by atoms with van der Waals surface area (Å²) in [5.74, 6) is 0.203. The summed E-state index contributed by atoms with van der Waals surface area (Å²) in [6.07, 6.45) is 13.3. The van der Waals surface area contributed by atoms with Crippen molar-refractivity contribution in [2.45, 2.75) is 71.1 Å². The Morgan fingerprint density at radius 1 is 1.15 bits per heavy atom. The fourth-order valence-corrected chi connectivity index (χ4v) is 3.85. The number of allylic oxidation sites excluding steroid dienone is 1. The Labute approximate surface area is 157 Å². The summed E-state index contributed by atoms with van der Waals surface area (Å²) >= 11 is 0. The normalized spacial score (nSPS) is 20.1. The summed E-state index contributed by atoms with van der Waals surface area (Å²) < 4.78 is 0. The van der Waals surface area contributed by atoms with Crippen LogP contribution in [0.3, 0.4) is 0 Å². The molecule has 3 heteroatoms. The fourth-order valence-electron chi connectivity index (χ4n) is 3.85. The Morgan fingerprint density at radius 3 is 2.58 bits per heavy atom. The second kappa shape index (κ2) is 10.9. The molecule has 0 aromatic heterocycles. The predicted octanol–water partition coefficient (Wildman–Crippen LogP) is 5.67. The third kappa shape index (κ3) is 6.78. The van der Waals surface area contributed by atoms with Gasteiger partial charge in [0.1, 0.15) is 5.78 Å². The van der Waals surface area contributed by atoms with Crippen molar-refractivity contribution in [3.8, 4) is 0 Å². The van der Waals surface area contributed by atoms with Crippen LogP contribution in [0.1, 0.15) is 75.8 Å². The summed E-state index contributed by atoms with van der Waals surface area (Å²) in [6, 6.07) is 8.71. The molecule has 1 N–H and O–H groups in total. The van der Waals surface area contributed by atoms with E-state index < -0.39 is 5.97 Å². The topological polar surface area (TPSA) is 54.4 Å². The lowest BCUT2D eigenvalue weighted by molar-refractivity contribution is -0.137. The van der Waals surface area contributed by atoms with Gasteiger partial charge in [0.25, 0.3) is 0 Å². The molecule has 0 bridgehead atoms. The zero-order chi connectivity index (χ0) is 18.8. The standard InChI is InChI=1S/C23H32O3/c1-2-7-18-10-12-19(13-11-18)14-15-20-16-17-22(24)21(20)8-5-3-4-6-9-23(25)26/h10-15,20-21H,2-9,16-17H2,1H3,(H,25,26)/t20-,21+/m1/s1. The summed E-state index contributed by atoms with van der Waals surface area (Å²) in [5, 5.41) is 8.65. The van der Waals surface area contributed by atoms with Crippen molar-refractivity contribution in [3.05, 3.63) is 41.5 Å². The van der Waals surface area contributed by atoms with Crippen LogP contribution in [0.2, 0.25) is 0 Å². The predicted molar refractivity (Wildman–Crippen MR) is 106 cm³/mol. The molecular formula is C23H32O3. The van der Waals surface area contributed by atoms with Gasteiger partial charge in [0.05, 0.1) is 0 Å². The molecule has 1 aromatic carbocycles. The van der Waals surface area contributed by atoms with Crippen molar-refractivity contribution < 1.29 is 14.7 Å².